The van der Waals surface area contributed by atoms with Gasteiger partial charge in [-0.15, -0.1) is 0 Å². The normalized spacial score (nSPS) is 13.1. The van der Waals surface area contributed by atoms with Crippen LogP contribution in [-0.4, -0.2) is 5.91 Å². The molecule has 1 aliphatic rings. The maximum Gasteiger partial charge on any atom is 0.228 e. The molecule has 2 aromatic rings. The molecule has 2 nitrogen and oxygen atoms in total. The van der Waals surface area contributed by atoms with E-state index >= 15 is 0 Å². The number of fused-ring (bicyclic) bond motifs is 1. The van der Waals surface area contributed by atoms with Crippen LogP contribution in [0.1, 0.15) is 23.1 Å². The Morgan fingerprint density at radius 2 is 1.79 bits per heavy atom. The van der Waals surface area contributed by atoms with E-state index in [9.17, 15) is 4.79 Å². The lowest BCUT2D eigenvalue weighted by molar-refractivity contribution is -0.115. The third-order valence-corrected chi connectivity index (χ3v) is 3.59. The van der Waals surface area contributed by atoms with Crippen LogP contribution in [-0.2, 0) is 24.1 Å². The number of hydrogen-bond donors (Lipinski definition) is 1. The third kappa shape index (κ3) is 2.84. The molecule has 0 fully saturated rings. The van der Waals surface area contributed by atoms with Crippen molar-refractivity contribution in [3.63, 3.8) is 0 Å². The van der Waals surface area contributed by atoms with E-state index < -0.39 is 0 Å². The zero-order valence-electron chi connectivity index (χ0n) is 10.9. The van der Waals surface area contributed by atoms with Crippen LogP contribution in [0.5, 0.6) is 0 Å². The monoisotopic (exact) mass is 251 g/mol. The molecule has 1 amide bonds. The van der Waals surface area contributed by atoms with Crippen LogP contribution in [0, 0.1) is 0 Å². The molecule has 0 unspecified atom stereocenters. The molecule has 0 spiro atoms. The van der Waals surface area contributed by atoms with Gasteiger partial charge in [-0.05, 0) is 48.1 Å². The number of carbonyl (C=O) groups is 1. The molecular weight excluding hydrogens is 234 g/mol. The maximum atomic E-state index is 12.0. The summed E-state index contributed by atoms with van der Waals surface area (Å²) < 4.78 is 0. The molecule has 1 aliphatic carbocycles. The average Bonchev–Trinajstić information content (AvgIpc) is 2.87. The zero-order valence-corrected chi connectivity index (χ0v) is 10.9. The first-order valence-electron chi connectivity index (χ1n) is 6.77. The molecule has 2 aromatic carbocycles. The highest BCUT2D eigenvalue weighted by molar-refractivity contribution is 5.92. The fraction of sp³-hybridized carbons (Fsp3) is 0.235. The van der Waals surface area contributed by atoms with Crippen LogP contribution in [0.25, 0.3) is 0 Å². The predicted molar refractivity (Wildman–Crippen MR) is 77.2 cm³/mol. The third-order valence-electron chi connectivity index (χ3n) is 3.59. The molecular formula is C17H17NO. The highest BCUT2D eigenvalue weighted by Crippen LogP contribution is 2.23. The largest absolute Gasteiger partial charge is 0.326 e. The van der Waals surface area contributed by atoms with E-state index in [1.807, 2.05) is 30.3 Å². The van der Waals surface area contributed by atoms with Crippen molar-refractivity contribution in [1.29, 1.82) is 0 Å². The van der Waals surface area contributed by atoms with E-state index in [4.69, 9.17) is 0 Å². The second-order valence-electron chi connectivity index (χ2n) is 5.05. The number of nitrogens with one attached hydrogen (secondary N) is 1. The van der Waals surface area contributed by atoms with E-state index in [1.165, 1.54) is 24.0 Å². The summed E-state index contributed by atoms with van der Waals surface area (Å²) in [4.78, 5) is 12.0. The molecule has 0 saturated carbocycles. The lowest BCUT2D eigenvalue weighted by Crippen LogP contribution is -2.14. The number of para-hydroxylation sites is 1. The van der Waals surface area contributed by atoms with Gasteiger partial charge in [0.1, 0.15) is 0 Å². The second-order valence-corrected chi connectivity index (χ2v) is 5.05. The molecule has 19 heavy (non-hydrogen) atoms. The number of aryl methyl sites for hydroxylation is 2. The van der Waals surface area contributed by atoms with Gasteiger partial charge < -0.3 is 5.32 Å². The zero-order chi connectivity index (χ0) is 13.1. The summed E-state index contributed by atoms with van der Waals surface area (Å²) in [6.07, 6.45) is 4.03. The molecule has 0 atom stereocenters. The smallest absolute Gasteiger partial charge is 0.228 e. The fourth-order valence-corrected chi connectivity index (χ4v) is 2.65. The summed E-state index contributed by atoms with van der Waals surface area (Å²) in [5, 5.41) is 2.92. The SMILES string of the molecule is O=C(Cc1ccc2c(c1)CCC2)Nc1ccccc1. The highest BCUT2D eigenvalue weighted by Gasteiger charge is 2.12. The van der Waals surface area contributed by atoms with E-state index in [1.54, 1.807) is 0 Å². The maximum absolute atomic E-state index is 12.0. The Morgan fingerprint density at radius 1 is 1.00 bits per heavy atom. The summed E-state index contributed by atoms with van der Waals surface area (Å²) in [5.74, 6) is 0.0455. The lowest BCUT2D eigenvalue weighted by atomic mass is 10.0. The number of benzene rings is 2. The van der Waals surface area contributed by atoms with E-state index in [2.05, 4.69) is 23.5 Å². The predicted octanol–water partition coefficient (Wildman–Crippen LogP) is 3.36. The Bertz CT molecular complexity index is 589. The van der Waals surface area contributed by atoms with Gasteiger partial charge >= 0.3 is 0 Å². The van der Waals surface area contributed by atoms with E-state index in [-0.39, 0.29) is 5.91 Å². The highest BCUT2D eigenvalue weighted by atomic mass is 16.1. The Labute approximate surface area is 113 Å². The molecule has 1 N–H and O–H groups in total. The van der Waals surface area contributed by atoms with Crippen LogP contribution in [0.3, 0.4) is 0 Å². The summed E-state index contributed by atoms with van der Waals surface area (Å²) in [5.41, 5.74) is 4.83. The summed E-state index contributed by atoms with van der Waals surface area (Å²) in [6, 6.07) is 16.0. The molecule has 0 bridgehead atoms. The topological polar surface area (TPSA) is 29.1 Å². The van der Waals surface area contributed by atoms with Crippen molar-refractivity contribution in [2.45, 2.75) is 25.7 Å². The van der Waals surface area contributed by atoms with Gasteiger partial charge in [0, 0.05) is 5.69 Å². The number of anilines is 1. The van der Waals surface area contributed by atoms with Gasteiger partial charge in [-0.3, -0.25) is 4.79 Å². The molecule has 96 valence electrons. The van der Waals surface area contributed by atoms with Gasteiger partial charge in [0.25, 0.3) is 0 Å². The minimum atomic E-state index is 0.0455. The van der Waals surface area contributed by atoms with Gasteiger partial charge in [0.15, 0.2) is 0 Å². The molecule has 0 saturated heterocycles. The first-order chi connectivity index (χ1) is 9.31. The van der Waals surface area contributed by atoms with Gasteiger partial charge in [0.05, 0.1) is 6.42 Å². The Morgan fingerprint density at radius 3 is 2.63 bits per heavy atom. The first kappa shape index (κ1) is 12.0. The van der Waals surface area contributed by atoms with Gasteiger partial charge in [0.2, 0.25) is 5.91 Å². The number of rotatable bonds is 3. The first-order valence-corrected chi connectivity index (χ1v) is 6.77. The summed E-state index contributed by atoms with van der Waals surface area (Å²) in [7, 11) is 0. The molecule has 2 heteroatoms. The van der Waals surface area contributed by atoms with Crippen molar-refractivity contribution in [1.82, 2.24) is 0 Å². The molecule has 0 heterocycles. The van der Waals surface area contributed by atoms with E-state index in [0.717, 1.165) is 17.7 Å². The Hall–Kier alpha value is -2.09. The Balaban J connectivity index is 1.66. The second kappa shape index (κ2) is 5.27. The summed E-state index contributed by atoms with van der Waals surface area (Å²) in [6.45, 7) is 0. The standard InChI is InChI=1S/C17H17NO/c19-17(18-16-7-2-1-3-8-16)12-13-9-10-14-5-4-6-15(14)11-13/h1-3,7-11H,4-6,12H2,(H,18,19). The van der Waals surface area contributed by atoms with Gasteiger partial charge in [-0.2, -0.15) is 0 Å². The van der Waals surface area contributed by atoms with Crippen molar-refractivity contribution < 1.29 is 4.79 Å². The van der Waals surface area contributed by atoms with Crippen LogP contribution in [0.15, 0.2) is 48.5 Å². The van der Waals surface area contributed by atoms with Gasteiger partial charge in [-0.25, -0.2) is 0 Å². The molecule has 0 radical (unpaired) electrons. The van der Waals surface area contributed by atoms with Crippen molar-refractivity contribution in [3.05, 3.63) is 65.2 Å². The van der Waals surface area contributed by atoms with Crippen molar-refractivity contribution in [3.8, 4) is 0 Å². The number of hydrogen-bond acceptors (Lipinski definition) is 1. The minimum Gasteiger partial charge on any atom is -0.326 e. The quantitative estimate of drug-likeness (QED) is 0.890. The fourth-order valence-electron chi connectivity index (χ4n) is 2.65. The van der Waals surface area contributed by atoms with Crippen LogP contribution < -0.4 is 5.32 Å². The van der Waals surface area contributed by atoms with Crippen LogP contribution in [0.4, 0.5) is 5.69 Å². The summed E-state index contributed by atoms with van der Waals surface area (Å²) >= 11 is 0. The molecule has 0 aromatic heterocycles. The number of carbonyl (C=O) groups excluding carboxylic acids is 1. The van der Waals surface area contributed by atoms with E-state index in [0.29, 0.717) is 6.42 Å². The molecule has 0 aliphatic heterocycles. The van der Waals surface area contributed by atoms with Crippen LogP contribution >= 0.6 is 0 Å². The molecule has 3 rings (SSSR count). The van der Waals surface area contributed by atoms with Crippen molar-refractivity contribution in [2.75, 3.05) is 5.32 Å². The van der Waals surface area contributed by atoms with Crippen molar-refractivity contribution >= 4 is 11.6 Å². The average molecular weight is 251 g/mol. The van der Waals surface area contributed by atoms with Gasteiger partial charge in [-0.1, -0.05) is 36.4 Å². The minimum absolute atomic E-state index is 0.0455. The Kier molecular flexibility index (Phi) is 3.32. The number of amides is 1. The lowest BCUT2D eigenvalue weighted by Gasteiger charge is -2.06. The van der Waals surface area contributed by atoms with Crippen LogP contribution in [0.2, 0.25) is 0 Å². The van der Waals surface area contributed by atoms with Crippen molar-refractivity contribution in [2.24, 2.45) is 0 Å².